The molecule has 1 amide bonds. The summed E-state index contributed by atoms with van der Waals surface area (Å²) in [4.78, 5) is 14.9. The van der Waals surface area contributed by atoms with Gasteiger partial charge in [-0.2, -0.15) is 0 Å². The summed E-state index contributed by atoms with van der Waals surface area (Å²) in [7, 11) is 5.07. The average Bonchev–Trinajstić information content (AvgIpc) is 3.20. The van der Waals surface area contributed by atoms with E-state index in [-0.39, 0.29) is 5.91 Å². The largest absolute Gasteiger partial charge is 0.493 e. The Kier molecular flexibility index (Phi) is 6.76. The zero-order chi connectivity index (χ0) is 19.9. The van der Waals surface area contributed by atoms with Crippen molar-refractivity contribution in [2.75, 3.05) is 40.9 Å². The van der Waals surface area contributed by atoms with Crippen LogP contribution in [0, 0.1) is 5.92 Å². The number of benzene rings is 2. The first kappa shape index (κ1) is 20.0. The summed E-state index contributed by atoms with van der Waals surface area (Å²) in [5.41, 5.74) is 1.59. The van der Waals surface area contributed by atoms with Crippen LogP contribution in [0.25, 0.3) is 0 Å². The van der Waals surface area contributed by atoms with Crippen molar-refractivity contribution >= 4 is 5.91 Å². The molecule has 6 nitrogen and oxygen atoms in total. The van der Waals surface area contributed by atoms with Crippen LogP contribution in [0.5, 0.6) is 17.2 Å². The molecule has 2 aromatic carbocycles. The third-order valence-electron chi connectivity index (χ3n) is 5.00. The Labute approximate surface area is 166 Å². The minimum Gasteiger partial charge on any atom is -0.493 e. The summed E-state index contributed by atoms with van der Waals surface area (Å²) in [6.45, 7) is 2.83. The maximum atomic E-state index is 13.0. The van der Waals surface area contributed by atoms with Gasteiger partial charge in [0.1, 0.15) is 6.61 Å². The van der Waals surface area contributed by atoms with E-state index in [1.807, 2.05) is 42.3 Å². The summed E-state index contributed by atoms with van der Waals surface area (Å²) in [5, 5.41) is 3.19. The third kappa shape index (κ3) is 4.57. The summed E-state index contributed by atoms with van der Waals surface area (Å²) < 4.78 is 17.0. The maximum absolute atomic E-state index is 13.0. The number of nitrogens with zero attached hydrogens (tertiary/aromatic N) is 1. The molecule has 1 heterocycles. The van der Waals surface area contributed by atoms with E-state index in [4.69, 9.17) is 14.2 Å². The Morgan fingerprint density at radius 1 is 1.14 bits per heavy atom. The number of nitrogens with one attached hydrogen (secondary N) is 1. The number of methoxy groups -OCH3 is 2. The standard InChI is InChI=1S/C22H28N2O4/c1-23-13-17-9-10-24(14-17)22(25)18-11-19(26-2)21(20(12-18)27-3)28-15-16-7-5-4-6-8-16/h4-8,11-12,17,23H,9-10,13-15H2,1-3H3. The number of hydrogen-bond donors (Lipinski definition) is 1. The molecule has 1 fully saturated rings. The van der Waals surface area contributed by atoms with Gasteiger partial charge in [0.15, 0.2) is 11.5 Å². The van der Waals surface area contributed by atoms with Crippen LogP contribution in [-0.4, -0.2) is 51.7 Å². The average molecular weight is 384 g/mol. The molecule has 0 aromatic heterocycles. The van der Waals surface area contributed by atoms with Crippen molar-refractivity contribution in [3.63, 3.8) is 0 Å². The van der Waals surface area contributed by atoms with Gasteiger partial charge in [-0.05, 0) is 43.6 Å². The summed E-state index contributed by atoms with van der Waals surface area (Å²) in [6.07, 6.45) is 1.01. The second-order valence-electron chi connectivity index (χ2n) is 6.95. The molecule has 2 aromatic rings. The lowest BCUT2D eigenvalue weighted by molar-refractivity contribution is 0.0786. The molecule has 0 radical (unpaired) electrons. The molecule has 28 heavy (non-hydrogen) atoms. The van der Waals surface area contributed by atoms with Gasteiger partial charge in [0.2, 0.25) is 5.75 Å². The smallest absolute Gasteiger partial charge is 0.254 e. The Hall–Kier alpha value is -2.73. The molecular formula is C22H28N2O4. The van der Waals surface area contributed by atoms with Crippen LogP contribution in [0.1, 0.15) is 22.3 Å². The van der Waals surface area contributed by atoms with Gasteiger partial charge in [-0.3, -0.25) is 4.79 Å². The predicted molar refractivity (Wildman–Crippen MR) is 108 cm³/mol. The topological polar surface area (TPSA) is 60.0 Å². The Morgan fingerprint density at radius 3 is 2.43 bits per heavy atom. The quantitative estimate of drug-likeness (QED) is 0.758. The molecule has 150 valence electrons. The van der Waals surface area contributed by atoms with Crippen LogP contribution >= 0.6 is 0 Å². The lowest BCUT2D eigenvalue weighted by Crippen LogP contribution is -2.30. The highest BCUT2D eigenvalue weighted by Gasteiger charge is 2.28. The van der Waals surface area contributed by atoms with Crippen LogP contribution in [-0.2, 0) is 6.61 Å². The highest BCUT2D eigenvalue weighted by atomic mass is 16.5. The molecule has 1 aliphatic rings. The molecule has 1 atom stereocenters. The van der Waals surface area contributed by atoms with Crippen LogP contribution < -0.4 is 19.5 Å². The van der Waals surface area contributed by atoms with Gasteiger partial charge in [-0.15, -0.1) is 0 Å². The first-order valence-corrected chi connectivity index (χ1v) is 9.52. The molecular weight excluding hydrogens is 356 g/mol. The van der Waals surface area contributed by atoms with Crippen molar-refractivity contribution in [3.8, 4) is 17.2 Å². The lowest BCUT2D eigenvalue weighted by atomic mass is 10.1. The zero-order valence-electron chi connectivity index (χ0n) is 16.7. The summed E-state index contributed by atoms with van der Waals surface area (Å²) >= 11 is 0. The van der Waals surface area contributed by atoms with Gasteiger partial charge in [-0.25, -0.2) is 0 Å². The van der Waals surface area contributed by atoms with E-state index in [0.29, 0.717) is 35.3 Å². The van der Waals surface area contributed by atoms with Crippen LogP contribution in [0.15, 0.2) is 42.5 Å². The minimum absolute atomic E-state index is 0.00943. The first-order valence-electron chi connectivity index (χ1n) is 9.52. The fourth-order valence-corrected chi connectivity index (χ4v) is 3.53. The van der Waals surface area contributed by atoms with Crippen LogP contribution in [0.4, 0.5) is 0 Å². The number of amides is 1. The fourth-order valence-electron chi connectivity index (χ4n) is 3.53. The van der Waals surface area contributed by atoms with Crippen molar-refractivity contribution in [3.05, 3.63) is 53.6 Å². The van der Waals surface area contributed by atoms with E-state index in [0.717, 1.165) is 31.6 Å². The van der Waals surface area contributed by atoms with Crippen molar-refractivity contribution < 1.29 is 19.0 Å². The number of likely N-dealkylation sites (tertiary alicyclic amines) is 1. The number of ether oxygens (including phenoxy) is 3. The van der Waals surface area contributed by atoms with Gasteiger partial charge < -0.3 is 24.4 Å². The summed E-state index contributed by atoms with van der Waals surface area (Å²) in [6, 6.07) is 13.3. The predicted octanol–water partition coefficient (Wildman–Crippen LogP) is 2.96. The zero-order valence-corrected chi connectivity index (χ0v) is 16.7. The number of carbonyl (C=O) groups is 1. The third-order valence-corrected chi connectivity index (χ3v) is 5.00. The highest BCUT2D eigenvalue weighted by molar-refractivity contribution is 5.95. The van der Waals surface area contributed by atoms with Gasteiger partial charge in [0.05, 0.1) is 14.2 Å². The van der Waals surface area contributed by atoms with Crippen molar-refractivity contribution in [2.24, 2.45) is 5.92 Å². The number of rotatable bonds is 8. The molecule has 0 saturated carbocycles. The molecule has 0 aliphatic carbocycles. The summed E-state index contributed by atoms with van der Waals surface area (Å²) in [5.74, 6) is 1.96. The normalized spacial score (nSPS) is 16.1. The Balaban J connectivity index is 1.79. The van der Waals surface area contributed by atoms with Gasteiger partial charge in [0, 0.05) is 18.7 Å². The number of hydrogen-bond acceptors (Lipinski definition) is 5. The highest BCUT2D eigenvalue weighted by Crippen LogP contribution is 2.39. The van der Waals surface area contributed by atoms with E-state index < -0.39 is 0 Å². The van der Waals surface area contributed by atoms with E-state index >= 15 is 0 Å². The van der Waals surface area contributed by atoms with E-state index in [1.165, 1.54) is 0 Å². The van der Waals surface area contributed by atoms with Crippen LogP contribution in [0.3, 0.4) is 0 Å². The maximum Gasteiger partial charge on any atom is 0.254 e. The fraction of sp³-hybridized carbons (Fsp3) is 0.409. The molecule has 0 bridgehead atoms. The minimum atomic E-state index is -0.00943. The van der Waals surface area contributed by atoms with Crippen molar-refractivity contribution in [1.82, 2.24) is 10.2 Å². The van der Waals surface area contributed by atoms with Gasteiger partial charge >= 0.3 is 0 Å². The van der Waals surface area contributed by atoms with Crippen molar-refractivity contribution in [2.45, 2.75) is 13.0 Å². The molecule has 0 spiro atoms. The Bertz CT molecular complexity index is 769. The van der Waals surface area contributed by atoms with E-state index in [1.54, 1.807) is 26.4 Å². The Morgan fingerprint density at radius 2 is 1.82 bits per heavy atom. The molecule has 1 unspecified atom stereocenters. The van der Waals surface area contributed by atoms with Gasteiger partial charge in [0.25, 0.3) is 5.91 Å². The molecule has 1 saturated heterocycles. The monoisotopic (exact) mass is 384 g/mol. The van der Waals surface area contributed by atoms with E-state index in [9.17, 15) is 4.79 Å². The van der Waals surface area contributed by atoms with Gasteiger partial charge in [-0.1, -0.05) is 30.3 Å². The first-order chi connectivity index (χ1) is 13.7. The second kappa shape index (κ2) is 9.46. The SMILES string of the molecule is CNCC1CCN(C(=O)c2cc(OC)c(OCc3ccccc3)c(OC)c2)C1. The van der Waals surface area contributed by atoms with Crippen molar-refractivity contribution in [1.29, 1.82) is 0 Å². The molecule has 1 aliphatic heterocycles. The molecule has 3 rings (SSSR count). The molecule has 1 N–H and O–H groups in total. The van der Waals surface area contributed by atoms with E-state index in [2.05, 4.69) is 5.32 Å². The lowest BCUT2D eigenvalue weighted by Gasteiger charge is -2.20. The second-order valence-corrected chi connectivity index (χ2v) is 6.95. The molecule has 6 heteroatoms. The van der Waals surface area contributed by atoms with Crippen LogP contribution in [0.2, 0.25) is 0 Å². The number of carbonyl (C=O) groups excluding carboxylic acids is 1.